The maximum absolute atomic E-state index is 12.5. The van der Waals surface area contributed by atoms with E-state index >= 15 is 0 Å². The average molecular weight is 373 g/mol. The minimum Gasteiger partial charge on any atom is -0.480 e. The highest BCUT2D eigenvalue weighted by atomic mass is 19.3. The Kier molecular flexibility index (Phi) is 6.81. The maximum Gasteiger partial charge on any atom is 0.387 e. The van der Waals surface area contributed by atoms with Crippen LogP contribution >= 0.6 is 0 Å². The lowest BCUT2D eigenvalue weighted by atomic mass is 9.85. The fourth-order valence-corrected chi connectivity index (χ4v) is 3.01. The third-order valence-electron chi connectivity index (χ3n) is 4.43. The van der Waals surface area contributed by atoms with Crippen LogP contribution in [0.15, 0.2) is 18.2 Å². The van der Waals surface area contributed by atoms with Gasteiger partial charge in [0, 0.05) is 36.3 Å². The molecule has 0 radical (unpaired) electrons. The summed E-state index contributed by atoms with van der Waals surface area (Å²) in [7, 11) is 0. The van der Waals surface area contributed by atoms with Crippen molar-refractivity contribution in [1.29, 1.82) is 0 Å². The van der Waals surface area contributed by atoms with E-state index in [0.29, 0.717) is 6.54 Å². The third-order valence-corrected chi connectivity index (χ3v) is 4.43. The number of ether oxygens (including phenoxy) is 1. The largest absolute Gasteiger partial charge is 0.480 e. The van der Waals surface area contributed by atoms with Crippen molar-refractivity contribution in [2.45, 2.75) is 45.0 Å². The van der Waals surface area contributed by atoms with E-state index in [0.717, 1.165) is 25.0 Å². The quantitative estimate of drug-likeness (QED) is 0.479. The number of nitrogens with zero attached hydrogens (tertiary/aromatic N) is 2. The Morgan fingerprint density at radius 1 is 1.50 bits per heavy atom. The molecule has 1 saturated carbocycles. The zero-order valence-corrected chi connectivity index (χ0v) is 14.2. The number of likely N-dealkylation sites (N-methyl/N-ethyl adjacent to an activating group) is 1. The van der Waals surface area contributed by atoms with Crippen LogP contribution in [0.5, 0.6) is 5.75 Å². The van der Waals surface area contributed by atoms with Crippen molar-refractivity contribution in [1.82, 2.24) is 10.2 Å². The molecule has 2 N–H and O–H groups in total. The van der Waals surface area contributed by atoms with E-state index in [-0.39, 0.29) is 42.2 Å². The second kappa shape index (κ2) is 8.86. The van der Waals surface area contributed by atoms with Gasteiger partial charge in [0.1, 0.15) is 5.75 Å². The number of nitro groups is 1. The molecule has 1 fully saturated rings. The van der Waals surface area contributed by atoms with E-state index in [1.807, 2.05) is 11.8 Å². The molecule has 0 atom stereocenters. The molecule has 2 rings (SSSR count). The number of carbonyl (C=O) groups is 1. The number of benzene rings is 1. The van der Waals surface area contributed by atoms with Gasteiger partial charge in [-0.2, -0.15) is 8.78 Å². The molecule has 0 heterocycles. The number of carboxylic acid groups (broad SMARTS) is 1. The number of nitrogens with one attached hydrogen (secondary N) is 1. The summed E-state index contributed by atoms with van der Waals surface area (Å²) in [5.74, 6) is -0.983. The summed E-state index contributed by atoms with van der Waals surface area (Å²) in [6.45, 7) is -0.378. The Bertz CT molecular complexity index is 653. The number of hydrogen-bond acceptors (Lipinski definition) is 6. The molecule has 0 aliphatic heterocycles. The number of non-ortho nitro benzene ring substituents is 1. The molecule has 1 aromatic rings. The van der Waals surface area contributed by atoms with Gasteiger partial charge in [-0.15, -0.1) is 0 Å². The number of nitro benzene ring substituents is 1. The number of halogens is 2. The Labute approximate surface area is 148 Å². The Morgan fingerprint density at radius 2 is 2.19 bits per heavy atom. The van der Waals surface area contributed by atoms with E-state index in [1.165, 1.54) is 6.07 Å². The van der Waals surface area contributed by atoms with Crippen LogP contribution in [0.4, 0.5) is 14.5 Å². The lowest BCUT2D eigenvalue weighted by Crippen LogP contribution is -2.53. The van der Waals surface area contributed by atoms with Gasteiger partial charge in [0.15, 0.2) is 0 Å². The van der Waals surface area contributed by atoms with Crippen LogP contribution in [-0.4, -0.2) is 52.7 Å². The Hall–Kier alpha value is -2.33. The normalized spacial score (nSPS) is 19.4. The van der Waals surface area contributed by atoms with E-state index in [2.05, 4.69) is 10.1 Å². The van der Waals surface area contributed by atoms with Crippen LogP contribution in [0.2, 0.25) is 0 Å². The van der Waals surface area contributed by atoms with Crippen molar-refractivity contribution >= 4 is 11.7 Å². The fourth-order valence-electron chi connectivity index (χ4n) is 3.01. The van der Waals surface area contributed by atoms with Gasteiger partial charge in [0.2, 0.25) is 0 Å². The van der Waals surface area contributed by atoms with Gasteiger partial charge in [-0.25, -0.2) is 0 Å². The summed E-state index contributed by atoms with van der Waals surface area (Å²) in [5.41, 5.74) is 0.0781. The van der Waals surface area contributed by atoms with Gasteiger partial charge in [-0.1, -0.05) is 6.92 Å². The molecule has 0 saturated heterocycles. The van der Waals surface area contributed by atoms with Gasteiger partial charge in [0.05, 0.1) is 11.5 Å². The van der Waals surface area contributed by atoms with E-state index in [4.69, 9.17) is 5.11 Å². The molecule has 26 heavy (non-hydrogen) atoms. The fraction of sp³-hybridized carbons (Fsp3) is 0.562. The molecule has 1 aliphatic carbocycles. The van der Waals surface area contributed by atoms with Crippen molar-refractivity contribution in [3.05, 3.63) is 33.9 Å². The highest BCUT2D eigenvalue weighted by Gasteiger charge is 2.33. The predicted octanol–water partition coefficient (Wildman–Crippen LogP) is 2.22. The molecule has 0 spiro atoms. The number of rotatable bonds is 10. The summed E-state index contributed by atoms with van der Waals surface area (Å²) in [4.78, 5) is 23.0. The van der Waals surface area contributed by atoms with E-state index in [9.17, 15) is 23.7 Å². The number of alkyl halides is 2. The van der Waals surface area contributed by atoms with E-state index < -0.39 is 17.5 Å². The number of carboxylic acids is 1. The van der Waals surface area contributed by atoms with Gasteiger partial charge < -0.3 is 15.2 Å². The Morgan fingerprint density at radius 3 is 2.73 bits per heavy atom. The molecule has 0 aromatic heterocycles. The first-order valence-corrected chi connectivity index (χ1v) is 8.21. The molecule has 10 heteroatoms. The van der Waals surface area contributed by atoms with Crippen LogP contribution in [0.25, 0.3) is 0 Å². The smallest absolute Gasteiger partial charge is 0.387 e. The van der Waals surface area contributed by atoms with Gasteiger partial charge in [0.25, 0.3) is 5.69 Å². The van der Waals surface area contributed by atoms with Gasteiger partial charge in [-0.3, -0.25) is 19.8 Å². The highest BCUT2D eigenvalue weighted by Crippen LogP contribution is 2.29. The van der Waals surface area contributed by atoms with Crippen LogP contribution in [0.3, 0.4) is 0 Å². The first-order valence-electron chi connectivity index (χ1n) is 8.21. The summed E-state index contributed by atoms with van der Waals surface area (Å²) < 4.78 is 29.4. The van der Waals surface area contributed by atoms with Crippen LogP contribution in [0, 0.1) is 10.1 Å². The minimum atomic E-state index is -3.02. The first-order chi connectivity index (χ1) is 12.3. The van der Waals surface area contributed by atoms with Crippen molar-refractivity contribution in [2.75, 3.05) is 13.1 Å². The van der Waals surface area contributed by atoms with Crippen molar-refractivity contribution in [3.8, 4) is 5.75 Å². The zero-order valence-electron chi connectivity index (χ0n) is 14.2. The van der Waals surface area contributed by atoms with E-state index in [1.54, 1.807) is 0 Å². The highest BCUT2D eigenvalue weighted by molar-refractivity contribution is 5.69. The zero-order chi connectivity index (χ0) is 19.3. The molecule has 0 amide bonds. The van der Waals surface area contributed by atoms with Crippen molar-refractivity contribution in [3.63, 3.8) is 0 Å². The van der Waals surface area contributed by atoms with Crippen LogP contribution in [0.1, 0.15) is 25.3 Å². The number of hydrogen-bond donors (Lipinski definition) is 2. The standard InChI is InChI=1S/C16H21F2N3O5/c1-2-20(9-15(22)23)13-6-11(7-13)19-8-10-5-12(21(24)25)3-4-14(10)26-16(17)18/h3-5,11,13,16,19H,2,6-9H2,1H3,(H,22,23). The van der Waals surface area contributed by atoms with Gasteiger partial charge in [-0.05, 0) is 25.5 Å². The van der Waals surface area contributed by atoms with Crippen LogP contribution < -0.4 is 10.1 Å². The molecular formula is C16H21F2N3O5. The first kappa shape index (κ1) is 20.0. The summed E-state index contributed by atoms with van der Waals surface area (Å²) in [6.07, 6.45) is 1.45. The molecular weight excluding hydrogens is 352 g/mol. The SMILES string of the molecule is CCN(CC(=O)O)C1CC(NCc2cc([N+](=O)[O-])ccc2OC(F)F)C1. The predicted molar refractivity (Wildman–Crippen MR) is 88.3 cm³/mol. The average Bonchev–Trinajstić information content (AvgIpc) is 2.52. The maximum atomic E-state index is 12.5. The molecule has 0 bridgehead atoms. The van der Waals surface area contributed by atoms with Crippen molar-refractivity contribution < 1.29 is 28.3 Å². The Balaban J connectivity index is 1.94. The molecule has 0 unspecified atom stereocenters. The lowest BCUT2D eigenvalue weighted by molar-refractivity contribution is -0.385. The molecule has 1 aliphatic rings. The third kappa shape index (κ3) is 5.33. The second-order valence-corrected chi connectivity index (χ2v) is 6.09. The molecule has 144 valence electrons. The molecule has 1 aromatic carbocycles. The minimum absolute atomic E-state index is 0.0227. The summed E-state index contributed by atoms with van der Waals surface area (Å²) in [6, 6.07) is 3.73. The summed E-state index contributed by atoms with van der Waals surface area (Å²) >= 11 is 0. The summed E-state index contributed by atoms with van der Waals surface area (Å²) in [5, 5.41) is 22.9. The molecule has 8 nitrogen and oxygen atoms in total. The monoisotopic (exact) mass is 373 g/mol. The number of aliphatic carboxylic acids is 1. The van der Waals surface area contributed by atoms with Gasteiger partial charge >= 0.3 is 12.6 Å². The lowest BCUT2D eigenvalue weighted by Gasteiger charge is -2.42. The van der Waals surface area contributed by atoms with Crippen molar-refractivity contribution in [2.24, 2.45) is 0 Å². The topological polar surface area (TPSA) is 105 Å². The second-order valence-electron chi connectivity index (χ2n) is 6.09. The van der Waals surface area contributed by atoms with Crippen LogP contribution in [-0.2, 0) is 11.3 Å².